The Hall–Kier alpha value is -3.52. The van der Waals surface area contributed by atoms with Gasteiger partial charge in [0.2, 0.25) is 0 Å². The van der Waals surface area contributed by atoms with Gasteiger partial charge in [-0.2, -0.15) is 0 Å². The van der Waals surface area contributed by atoms with Crippen LogP contribution in [0.4, 0.5) is 0 Å². The number of ether oxygens (including phenoxy) is 3. The van der Waals surface area contributed by atoms with Gasteiger partial charge in [0.15, 0.2) is 11.5 Å². The van der Waals surface area contributed by atoms with Crippen LogP contribution in [0.3, 0.4) is 0 Å². The number of methoxy groups -OCH3 is 3. The number of benzene rings is 2. The highest BCUT2D eigenvalue weighted by atomic mass is 16.5. The summed E-state index contributed by atoms with van der Waals surface area (Å²) in [5.74, 6) is 0.116. The molecule has 2 aromatic carbocycles. The minimum absolute atomic E-state index is 0.0480. The van der Waals surface area contributed by atoms with Crippen molar-refractivity contribution in [3.05, 3.63) is 58.7 Å². The zero-order valence-electron chi connectivity index (χ0n) is 23.8. The summed E-state index contributed by atoms with van der Waals surface area (Å²) in [5, 5.41) is 11.6. The number of Topliss-reactive ketones (excluding diaryl/α,β-unsaturated/α-hetero) is 1. The van der Waals surface area contributed by atoms with Crippen molar-refractivity contribution < 1.29 is 28.9 Å². The lowest BCUT2D eigenvalue weighted by atomic mass is 9.84. The van der Waals surface area contributed by atoms with Crippen LogP contribution in [0.2, 0.25) is 0 Å². The van der Waals surface area contributed by atoms with Gasteiger partial charge in [-0.25, -0.2) is 0 Å². The molecule has 2 aromatic rings. The number of rotatable bonds is 10. The number of carbonyl (C=O) groups is 2. The molecule has 3 rings (SSSR count). The van der Waals surface area contributed by atoms with E-state index in [4.69, 9.17) is 14.2 Å². The molecule has 0 radical (unpaired) electrons. The fourth-order valence-electron chi connectivity index (χ4n) is 4.87. The van der Waals surface area contributed by atoms with E-state index in [1.165, 1.54) is 7.11 Å². The molecule has 8 heteroatoms. The fourth-order valence-corrected chi connectivity index (χ4v) is 4.87. The van der Waals surface area contributed by atoms with Crippen LogP contribution in [0.25, 0.3) is 5.76 Å². The number of nitrogens with zero attached hydrogens (tertiary/aromatic N) is 2. The van der Waals surface area contributed by atoms with E-state index >= 15 is 0 Å². The highest BCUT2D eigenvalue weighted by molar-refractivity contribution is 6.46. The van der Waals surface area contributed by atoms with Gasteiger partial charge in [-0.15, -0.1) is 0 Å². The summed E-state index contributed by atoms with van der Waals surface area (Å²) in [4.78, 5) is 30.6. The van der Waals surface area contributed by atoms with Crippen LogP contribution < -0.4 is 14.2 Å². The first-order chi connectivity index (χ1) is 18.0. The van der Waals surface area contributed by atoms with Gasteiger partial charge in [0.05, 0.1) is 32.9 Å². The van der Waals surface area contributed by atoms with Crippen LogP contribution in [-0.4, -0.2) is 74.1 Å². The van der Waals surface area contributed by atoms with E-state index in [9.17, 15) is 14.7 Å². The lowest BCUT2D eigenvalue weighted by Crippen LogP contribution is -2.38. The molecule has 0 aromatic heterocycles. The maximum Gasteiger partial charge on any atom is 0.295 e. The van der Waals surface area contributed by atoms with Crippen molar-refractivity contribution in [1.82, 2.24) is 9.80 Å². The maximum absolute atomic E-state index is 13.5. The largest absolute Gasteiger partial charge is 0.507 e. The molecule has 1 heterocycles. The summed E-state index contributed by atoms with van der Waals surface area (Å²) in [6.07, 6.45) is 0. The molecule has 8 nitrogen and oxygen atoms in total. The Bertz CT molecular complexity index is 1210. The lowest BCUT2D eigenvalue weighted by molar-refractivity contribution is -0.140. The minimum Gasteiger partial charge on any atom is -0.507 e. The smallest absolute Gasteiger partial charge is 0.295 e. The van der Waals surface area contributed by atoms with Crippen LogP contribution in [0.15, 0.2) is 42.0 Å². The van der Waals surface area contributed by atoms with Crippen LogP contribution in [0, 0.1) is 0 Å². The van der Waals surface area contributed by atoms with Crippen molar-refractivity contribution in [2.24, 2.45) is 0 Å². The van der Waals surface area contributed by atoms with Gasteiger partial charge in [0.1, 0.15) is 11.5 Å². The van der Waals surface area contributed by atoms with E-state index in [0.29, 0.717) is 41.5 Å². The van der Waals surface area contributed by atoms with E-state index in [0.717, 1.165) is 18.7 Å². The molecular formula is C30H40N2O6. The number of likely N-dealkylation sites (N-methyl/N-ethyl adjacent to an activating group) is 1. The molecule has 0 aliphatic carbocycles. The first kappa shape index (κ1) is 29.0. The van der Waals surface area contributed by atoms with E-state index < -0.39 is 17.7 Å². The van der Waals surface area contributed by atoms with Crippen molar-refractivity contribution in [3.63, 3.8) is 0 Å². The molecule has 1 N–H and O–H groups in total. The molecular weight excluding hydrogens is 484 g/mol. The van der Waals surface area contributed by atoms with Crippen molar-refractivity contribution in [2.75, 3.05) is 47.5 Å². The van der Waals surface area contributed by atoms with Crippen LogP contribution in [0.1, 0.15) is 57.4 Å². The number of ketones is 1. The monoisotopic (exact) mass is 524 g/mol. The highest BCUT2D eigenvalue weighted by Gasteiger charge is 2.46. The van der Waals surface area contributed by atoms with Crippen LogP contribution in [-0.2, 0) is 15.0 Å². The van der Waals surface area contributed by atoms with Crippen molar-refractivity contribution in [1.29, 1.82) is 0 Å². The topological polar surface area (TPSA) is 88.5 Å². The first-order valence-electron chi connectivity index (χ1n) is 12.9. The molecule has 1 fully saturated rings. The summed E-state index contributed by atoms with van der Waals surface area (Å²) in [5.41, 5.74) is 1.74. The van der Waals surface area contributed by atoms with Crippen molar-refractivity contribution in [3.8, 4) is 17.2 Å². The minimum atomic E-state index is -0.787. The quantitative estimate of drug-likeness (QED) is 0.272. The zero-order valence-corrected chi connectivity index (χ0v) is 23.8. The Morgan fingerprint density at radius 1 is 0.921 bits per heavy atom. The number of aliphatic hydroxyl groups excluding tert-OH is 1. The number of likely N-dealkylation sites (tertiary alicyclic amines) is 1. The average Bonchev–Trinajstić information content (AvgIpc) is 3.16. The normalized spacial score (nSPS) is 17.3. The molecule has 38 heavy (non-hydrogen) atoms. The van der Waals surface area contributed by atoms with Crippen LogP contribution in [0.5, 0.6) is 17.2 Å². The molecule has 0 bridgehead atoms. The Balaban J connectivity index is 2.22. The number of carbonyl (C=O) groups excluding carboxylic acids is 2. The standard InChI is InChI=1S/C30H40N2O6/c1-9-31(10-2)15-16-32-26(19-11-14-23(37-7)24(18-19)38-8)25(28(34)29(32)35)27(33)20-12-13-22(36-6)21(17-20)30(3,4)5/h11-14,17-18,26,33H,9-10,15-16H2,1-8H3/b27-25+. The second-order valence-electron chi connectivity index (χ2n) is 10.3. The predicted octanol–water partition coefficient (Wildman–Crippen LogP) is 4.77. The number of amides is 1. The van der Waals surface area contributed by atoms with Gasteiger partial charge in [-0.1, -0.05) is 40.7 Å². The Morgan fingerprint density at radius 2 is 1.53 bits per heavy atom. The summed E-state index contributed by atoms with van der Waals surface area (Å²) < 4.78 is 16.4. The summed E-state index contributed by atoms with van der Waals surface area (Å²) in [6.45, 7) is 12.8. The molecule has 1 amide bonds. The summed E-state index contributed by atoms with van der Waals surface area (Å²) >= 11 is 0. The Labute approximate surface area is 225 Å². The van der Waals surface area contributed by atoms with E-state index in [1.54, 1.807) is 49.5 Å². The summed E-state index contributed by atoms with van der Waals surface area (Å²) in [6, 6.07) is 9.81. The number of hydrogen-bond donors (Lipinski definition) is 1. The van der Waals surface area contributed by atoms with Gasteiger partial charge in [-0.3, -0.25) is 9.59 Å². The Kier molecular flexibility index (Phi) is 9.09. The second-order valence-corrected chi connectivity index (χ2v) is 10.3. The third-order valence-electron chi connectivity index (χ3n) is 7.10. The molecule has 1 aliphatic rings. The maximum atomic E-state index is 13.5. The number of aliphatic hydroxyl groups is 1. The highest BCUT2D eigenvalue weighted by Crippen LogP contribution is 2.43. The summed E-state index contributed by atoms with van der Waals surface area (Å²) in [7, 11) is 4.68. The van der Waals surface area contributed by atoms with E-state index in [-0.39, 0.29) is 16.7 Å². The van der Waals surface area contributed by atoms with Gasteiger partial charge in [-0.05, 0) is 54.4 Å². The van der Waals surface area contributed by atoms with Gasteiger partial charge >= 0.3 is 0 Å². The van der Waals surface area contributed by atoms with E-state index in [2.05, 4.69) is 18.7 Å². The fraction of sp³-hybridized carbons (Fsp3) is 0.467. The van der Waals surface area contributed by atoms with Gasteiger partial charge in [0.25, 0.3) is 11.7 Å². The van der Waals surface area contributed by atoms with Crippen molar-refractivity contribution >= 4 is 17.4 Å². The third-order valence-corrected chi connectivity index (χ3v) is 7.10. The van der Waals surface area contributed by atoms with Crippen molar-refractivity contribution in [2.45, 2.75) is 46.1 Å². The second kappa shape index (κ2) is 11.9. The average molecular weight is 525 g/mol. The molecule has 1 aliphatic heterocycles. The molecule has 206 valence electrons. The van der Waals surface area contributed by atoms with Crippen LogP contribution >= 0.6 is 0 Å². The predicted molar refractivity (Wildman–Crippen MR) is 148 cm³/mol. The molecule has 0 spiro atoms. The molecule has 1 unspecified atom stereocenters. The van der Waals surface area contributed by atoms with E-state index in [1.807, 2.05) is 26.8 Å². The molecule has 1 atom stereocenters. The molecule has 0 saturated carbocycles. The third kappa shape index (κ3) is 5.65. The Morgan fingerprint density at radius 3 is 2.08 bits per heavy atom. The lowest BCUT2D eigenvalue weighted by Gasteiger charge is -2.28. The zero-order chi connectivity index (χ0) is 28.2. The van der Waals surface area contributed by atoms with Gasteiger partial charge < -0.3 is 29.1 Å². The van der Waals surface area contributed by atoms with Gasteiger partial charge in [0, 0.05) is 24.2 Å². The SMILES string of the molecule is CCN(CC)CCN1C(=O)C(=O)/C(=C(/O)c2ccc(OC)c(C(C)(C)C)c2)C1c1ccc(OC)c(OC)c1. The first-order valence-corrected chi connectivity index (χ1v) is 12.9. The number of hydrogen-bond acceptors (Lipinski definition) is 7. The molecule has 1 saturated heterocycles.